The fourth-order valence-electron chi connectivity index (χ4n) is 1.88. The topological polar surface area (TPSA) is 20.3 Å². The molecule has 0 aromatic carbocycles. The molecule has 0 bridgehead atoms. The molecule has 16 heavy (non-hydrogen) atoms. The Morgan fingerprint density at radius 1 is 1.44 bits per heavy atom. The fraction of sp³-hybridized carbons (Fsp3) is 0.545. The Hall–Kier alpha value is 0.130. The van der Waals surface area contributed by atoms with Crippen LogP contribution in [0.25, 0.3) is 0 Å². The zero-order chi connectivity index (χ0) is 11.5. The standard InChI is InChI=1S/C11H13Br2NOS/c12-7-8-3-5-14(6-4-8)11(15)9-1-2-10(13)16-9/h1-2,8H,3-7H2. The fourth-order valence-corrected chi connectivity index (χ4v) is 3.88. The molecule has 0 N–H and O–H groups in total. The summed E-state index contributed by atoms with van der Waals surface area (Å²) in [5.74, 6) is 0.919. The highest BCUT2D eigenvalue weighted by atomic mass is 79.9. The van der Waals surface area contributed by atoms with Crippen LogP contribution in [0.1, 0.15) is 22.5 Å². The molecule has 5 heteroatoms. The van der Waals surface area contributed by atoms with Gasteiger partial charge in [-0.25, -0.2) is 0 Å². The highest BCUT2D eigenvalue weighted by Gasteiger charge is 2.23. The first-order valence-corrected chi connectivity index (χ1v) is 8.04. The average molecular weight is 367 g/mol. The summed E-state index contributed by atoms with van der Waals surface area (Å²) >= 11 is 8.41. The zero-order valence-electron chi connectivity index (χ0n) is 8.79. The van der Waals surface area contributed by atoms with Crippen LogP contribution >= 0.6 is 43.2 Å². The van der Waals surface area contributed by atoms with Gasteiger partial charge in [0.25, 0.3) is 5.91 Å². The van der Waals surface area contributed by atoms with Crippen LogP contribution in [-0.2, 0) is 0 Å². The van der Waals surface area contributed by atoms with Crippen LogP contribution in [0.15, 0.2) is 15.9 Å². The number of likely N-dealkylation sites (tertiary alicyclic amines) is 1. The zero-order valence-corrected chi connectivity index (χ0v) is 12.8. The van der Waals surface area contributed by atoms with E-state index >= 15 is 0 Å². The third-order valence-electron chi connectivity index (χ3n) is 2.90. The third kappa shape index (κ3) is 2.87. The third-order valence-corrected chi connectivity index (χ3v) is 5.43. The maximum Gasteiger partial charge on any atom is 0.263 e. The molecular weight excluding hydrogens is 354 g/mol. The van der Waals surface area contributed by atoms with Crippen molar-refractivity contribution in [2.75, 3.05) is 18.4 Å². The first kappa shape index (κ1) is 12.6. The molecule has 2 heterocycles. The molecule has 1 saturated heterocycles. The highest BCUT2D eigenvalue weighted by Crippen LogP contribution is 2.25. The van der Waals surface area contributed by atoms with Crippen LogP contribution < -0.4 is 0 Å². The lowest BCUT2D eigenvalue weighted by Crippen LogP contribution is -2.38. The number of alkyl halides is 1. The summed E-state index contributed by atoms with van der Waals surface area (Å²) in [7, 11) is 0. The van der Waals surface area contributed by atoms with Gasteiger partial charge in [-0.1, -0.05) is 15.9 Å². The van der Waals surface area contributed by atoms with Gasteiger partial charge < -0.3 is 4.90 Å². The normalized spacial score (nSPS) is 17.8. The lowest BCUT2D eigenvalue weighted by molar-refractivity contribution is 0.0704. The van der Waals surface area contributed by atoms with Gasteiger partial charge in [0.05, 0.1) is 8.66 Å². The SMILES string of the molecule is O=C(c1ccc(Br)s1)N1CCC(CBr)CC1. The Labute approximate surface area is 116 Å². The predicted molar refractivity (Wildman–Crippen MR) is 74.4 cm³/mol. The van der Waals surface area contributed by atoms with Gasteiger partial charge in [0, 0.05) is 18.4 Å². The molecule has 1 aromatic heterocycles. The molecule has 0 radical (unpaired) electrons. The largest absolute Gasteiger partial charge is 0.338 e. The Morgan fingerprint density at radius 3 is 2.62 bits per heavy atom. The molecule has 2 nitrogen and oxygen atoms in total. The highest BCUT2D eigenvalue weighted by molar-refractivity contribution is 9.11. The Bertz CT molecular complexity index is 372. The van der Waals surface area contributed by atoms with Crippen molar-refractivity contribution in [1.29, 1.82) is 0 Å². The Morgan fingerprint density at radius 2 is 2.12 bits per heavy atom. The van der Waals surface area contributed by atoms with Crippen molar-refractivity contribution in [3.05, 3.63) is 20.8 Å². The summed E-state index contributed by atoms with van der Waals surface area (Å²) in [5, 5.41) is 1.06. The number of thiophene rings is 1. The number of amides is 1. The van der Waals surface area contributed by atoms with E-state index in [0.717, 1.165) is 45.8 Å². The average Bonchev–Trinajstić information content (AvgIpc) is 2.75. The van der Waals surface area contributed by atoms with Gasteiger partial charge in [0.2, 0.25) is 0 Å². The van der Waals surface area contributed by atoms with Gasteiger partial charge in [0.1, 0.15) is 0 Å². The summed E-state index contributed by atoms with van der Waals surface area (Å²) in [4.78, 5) is 14.9. The molecule has 0 saturated carbocycles. The molecular formula is C11H13Br2NOS. The van der Waals surface area contributed by atoms with Gasteiger partial charge in [-0.3, -0.25) is 4.79 Å². The quantitative estimate of drug-likeness (QED) is 0.730. The number of rotatable bonds is 2. The first-order chi connectivity index (χ1) is 7.70. The summed E-state index contributed by atoms with van der Waals surface area (Å²) in [6, 6.07) is 3.83. The summed E-state index contributed by atoms with van der Waals surface area (Å²) in [5.41, 5.74) is 0. The van der Waals surface area contributed by atoms with Crippen molar-refractivity contribution in [2.45, 2.75) is 12.8 Å². The van der Waals surface area contributed by atoms with Crippen molar-refractivity contribution in [3.63, 3.8) is 0 Å². The van der Waals surface area contributed by atoms with Crippen LogP contribution in [0.2, 0.25) is 0 Å². The Balaban J connectivity index is 1.96. The van der Waals surface area contributed by atoms with E-state index in [1.807, 2.05) is 17.0 Å². The number of nitrogens with zero attached hydrogens (tertiary/aromatic N) is 1. The maximum atomic E-state index is 12.1. The van der Waals surface area contributed by atoms with Crippen LogP contribution in [0, 0.1) is 5.92 Å². The van der Waals surface area contributed by atoms with E-state index in [9.17, 15) is 4.79 Å². The molecule has 0 aliphatic carbocycles. The first-order valence-electron chi connectivity index (χ1n) is 5.31. The maximum absolute atomic E-state index is 12.1. The number of carbonyl (C=O) groups is 1. The minimum absolute atomic E-state index is 0.184. The van der Waals surface area contributed by atoms with Crippen molar-refractivity contribution in [1.82, 2.24) is 4.90 Å². The van der Waals surface area contributed by atoms with E-state index in [-0.39, 0.29) is 5.91 Å². The monoisotopic (exact) mass is 365 g/mol. The lowest BCUT2D eigenvalue weighted by Gasteiger charge is -2.30. The predicted octanol–water partition coefficient (Wildman–Crippen LogP) is 3.76. The van der Waals surface area contributed by atoms with Crippen molar-refractivity contribution in [2.24, 2.45) is 5.92 Å². The second-order valence-electron chi connectivity index (χ2n) is 3.99. The van der Waals surface area contributed by atoms with E-state index < -0.39 is 0 Å². The molecule has 1 amide bonds. The van der Waals surface area contributed by atoms with E-state index in [1.165, 1.54) is 11.3 Å². The molecule has 0 atom stereocenters. The number of hydrogen-bond acceptors (Lipinski definition) is 2. The van der Waals surface area contributed by atoms with Crippen molar-refractivity contribution < 1.29 is 4.79 Å². The van der Waals surface area contributed by atoms with E-state index in [2.05, 4.69) is 31.9 Å². The van der Waals surface area contributed by atoms with E-state index in [4.69, 9.17) is 0 Å². The lowest BCUT2D eigenvalue weighted by atomic mass is 9.99. The van der Waals surface area contributed by atoms with Gasteiger partial charge >= 0.3 is 0 Å². The van der Waals surface area contributed by atoms with Gasteiger partial charge in [-0.05, 0) is 46.8 Å². The molecule has 1 aliphatic rings. The van der Waals surface area contributed by atoms with Gasteiger partial charge in [-0.15, -0.1) is 11.3 Å². The second-order valence-corrected chi connectivity index (χ2v) is 7.10. The summed E-state index contributed by atoms with van der Waals surface area (Å²) in [6.45, 7) is 1.79. The number of halogens is 2. The van der Waals surface area contributed by atoms with Gasteiger partial charge in [0.15, 0.2) is 0 Å². The molecule has 2 rings (SSSR count). The van der Waals surface area contributed by atoms with E-state index in [1.54, 1.807) is 0 Å². The smallest absolute Gasteiger partial charge is 0.263 e. The Kier molecular flexibility index (Phi) is 4.44. The van der Waals surface area contributed by atoms with Crippen molar-refractivity contribution in [3.8, 4) is 0 Å². The molecule has 0 spiro atoms. The van der Waals surface area contributed by atoms with Crippen LogP contribution in [-0.4, -0.2) is 29.2 Å². The van der Waals surface area contributed by atoms with E-state index in [0.29, 0.717) is 0 Å². The van der Waals surface area contributed by atoms with Crippen molar-refractivity contribution >= 4 is 49.1 Å². The molecule has 1 fully saturated rings. The van der Waals surface area contributed by atoms with Crippen LogP contribution in [0.3, 0.4) is 0 Å². The van der Waals surface area contributed by atoms with Gasteiger partial charge in [-0.2, -0.15) is 0 Å². The number of carbonyl (C=O) groups excluding carboxylic acids is 1. The number of piperidine rings is 1. The molecule has 0 unspecified atom stereocenters. The minimum atomic E-state index is 0.184. The minimum Gasteiger partial charge on any atom is -0.338 e. The molecule has 88 valence electrons. The molecule has 1 aromatic rings. The summed E-state index contributed by atoms with van der Waals surface area (Å²) in [6.07, 6.45) is 2.23. The number of hydrogen-bond donors (Lipinski definition) is 0. The van der Waals surface area contributed by atoms with Crippen LogP contribution in [0.5, 0.6) is 0 Å². The molecule has 1 aliphatic heterocycles. The van der Waals surface area contributed by atoms with Crippen LogP contribution in [0.4, 0.5) is 0 Å². The summed E-state index contributed by atoms with van der Waals surface area (Å²) < 4.78 is 1.02. The second kappa shape index (κ2) is 5.65.